The summed E-state index contributed by atoms with van der Waals surface area (Å²) in [6.45, 7) is 5.29. The Hall–Kier alpha value is -0.610. The molecule has 1 amide bonds. The monoisotopic (exact) mass is 251 g/mol. The second-order valence-electron chi connectivity index (χ2n) is 6.15. The summed E-state index contributed by atoms with van der Waals surface area (Å²) < 4.78 is 0. The van der Waals surface area contributed by atoms with Crippen molar-refractivity contribution in [1.29, 1.82) is 0 Å². The molecule has 1 spiro atoms. The summed E-state index contributed by atoms with van der Waals surface area (Å²) >= 11 is 0. The van der Waals surface area contributed by atoms with Crippen LogP contribution in [0.1, 0.15) is 38.5 Å². The van der Waals surface area contributed by atoms with Crippen LogP contribution < -0.4 is 10.6 Å². The number of carbonyl (C=O) groups is 1. The number of amides is 1. The predicted molar refractivity (Wildman–Crippen MR) is 71.4 cm³/mol. The highest BCUT2D eigenvalue weighted by atomic mass is 16.2. The van der Waals surface area contributed by atoms with Crippen molar-refractivity contribution in [2.75, 3.05) is 32.7 Å². The van der Waals surface area contributed by atoms with Crippen molar-refractivity contribution in [1.82, 2.24) is 15.5 Å². The molecule has 2 saturated heterocycles. The van der Waals surface area contributed by atoms with Gasteiger partial charge in [-0.1, -0.05) is 12.8 Å². The standard InChI is InChI=1S/C14H25N3O/c18-13-14(5-1-2-6-14)17(9-8-16-13)11-12-4-3-7-15-10-12/h12,15H,1-11H2,(H,16,18). The number of piperazine rings is 1. The molecule has 0 bridgehead atoms. The van der Waals surface area contributed by atoms with E-state index in [1.165, 1.54) is 32.2 Å². The largest absolute Gasteiger partial charge is 0.353 e. The fraction of sp³-hybridized carbons (Fsp3) is 0.929. The normalized spacial score (nSPS) is 32.7. The van der Waals surface area contributed by atoms with Crippen LogP contribution in [0.3, 0.4) is 0 Å². The third-order valence-corrected chi connectivity index (χ3v) is 5.00. The maximum absolute atomic E-state index is 12.3. The van der Waals surface area contributed by atoms with Crippen LogP contribution in [0.4, 0.5) is 0 Å². The van der Waals surface area contributed by atoms with E-state index in [1.807, 2.05) is 0 Å². The minimum Gasteiger partial charge on any atom is -0.353 e. The van der Waals surface area contributed by atoms with Crippen LogP contribution in [0.25, 0.3) is 0 Å². The molecule has 1 unspecified atom stereocenters. The van der Waals surface area contributed by atoms with Gasteiger partial charge in [0, 0.05) is 19.6 Å². The maximum Gasteiger partial charge on any atom is 0.240 e. The zero-order valence-corrected chi connectivity index (χ0v) is 11.2. The molecule has 18 heavy (non-hydrogen) atoms. The lowest BCUT2D eigenvalue weighted by molar-refractivity contribution is -0.137. The van der Waals surface area contributed by atoms with Gasteiger partial charge in [0.15, 0.2) is 0 Å². The minimum absolute atomic E-state index is 0.143. The van der Waals surface area contributed by atoms with Crippen LogP contribution in [0.5, 0.6) is 0 Å². The number of nitrogens with zero attached hydrogens (tertiary/aromatic N) is 1. The molecule has 1 aliphatic carbocycles. The van der Waals surface area contributed by atoms with Gasteiger partial charge < -0.3 is 10.6 Å². The first-order chi connectivity index (χ1) is 8.81. The summed E-state index contributed by atoms with van der Waals surface area (Å²) in [5.74, 6) is 1.04. The molecule has 4 heteroatoms. The smallest absolute Gasteiger partial charge is 0.240 e. The molecule has 1 atom stereocenters. The van der Waals surface area contributed by atoms with E-state index in [-0.39, 0.29) is 5.54 Å². The molecule has 3 fully saturated rings. The van der Waals surface area contributed by atoms with Gasteiger partial charge in [-0.2, -0.15) is 0 Å². The molecular weight excluding hydrogens is 226 g/mol. The topological polar surface area (TPSA) is 44.4 Å². The highest BCUT2D eigenvalue weighted by Crippen LogP contribution is 2.37. The molecular formula is C14H25N3O. The molecule has 102 valence electrons. The van der Waals surface area contributed by atoms with E-state index in [0.717, 1.165) is 44.9 Å². The quantitative estimate of drug-likeness (QED) is 0.760. The summed E-state index contributed by atoms with van der Waals surface area (Å²) in [5.41, 5.74) is -0.143. The SMILES string of the molecule is O=C1NCCN(CC2CCCNC2)C12CCCC2. The van der Waals surface area contributed by atoms with Gasteiger partial charge in [-0.25, -0.2) is 0 Å². The fourth-order valence-electron chi connectivity index (χ4n) is 3.99. The van der Waals surface area contributed by atoms with Gasteiger partial charge in [0.2, 0.25) is 5.91 Å². The molecule has 0 aromatic carbocycles. The first kappa shape index (κ1) is 12.4. The Kier molecular flexibility index (Phi) is 3.57. The summed E-state index contributed by atoms with van der Waals surface area (Å²) in [5, 5.41) is 6.57. The zero-order chi connectivity index (χ0) is 12.4. The Morgan fingerprint density at radius 2 is 2.06 bits per heavy atom. The second kappa shape index (κ2) is 5.17. The van der Waals surface area contributed by atoms with Crippen molar-refractivity contribution in [2.45, 2.75) is 44.1 Å². The van der Waals surface area contributed by atoms with Crippen LogP contribution in [-0.2, 0) is 4.79 Å². The van der Waals surface area contributed by atoms with Crippen molar-refractivity contribution in [3.63, 3.8) is 0 Å². The van der Waals surface area contributed by atoms with Gasteiger partial charge in [0.1, 0.15) is 5.54 Å². The van der Waals surface area contributed by atoms with E-state index in [4.69, 9.17) is 0 Å². The minimum atomic E-state index is -0.143. The molecule has 0 aromatic heterocycles. The molecule has 3 aliphatic rings. The highest BCUT2D eigenvalue weighted by molar-refractivity contribution is 5.87. The van der Waals surface area contributed by atoms with E-state index >= 15 is 0 Å². The van der Waals surface area contributed by atoms with Gasteiger partial charge in [0.25, 0.3) is 0 Å². The number of carbonyl (C=O) groups excluding carboxylic acids is 1. The molecule has 0 radical (unpaired) electrons. The van der Waals surface area contributed by atoms with E-state index in [9.17, 15) is 4.79 Å². The summed E-state index contributed by atoms with van der Waals surface area (Å²) in [6.07, 6.45) is 7.18. The third-order valence-electron chi connectivity index (χ3n) is 5.00. The molecule has 1 saturated carbocycles. The zero-order valence-electron chi connectivity index (χ0n) is 11.2. The Labute approximate surface area is 109 Å². The first-order valence-corrected chi connectivity index (χ1v) is 7.55. The number of nitrogens with one attached hydrogen (secondary N) is 2. The van der Waals surface area contributed by atoms with Crippen molar-refractivity contribution in [3.05, 3.63) is 0 Å². The Bertz CT molecular complexity index is 306. The van der Waals surface area contributed by atoms with Crippen LogP contribution in [0.2, 0.25) is 0 Å². The lowest BCUT2D eigenvalue weighted by Gasteiger charge is -2.45. The summed E-state index contributed by atoms with van der Waals surface area (Å²) in [7, 11) is 0. The molecule has 0 aromatic rings. The number of rotatable bonds is 2. The van der Waals surface area contributed by atoms with E-state index < -0.39 is 0 Å². The first-order valence-electron chi connectivity index (χ1n) is 7.55. The average Bonchev–Trinajstić information content (AvgIpc) is 2.87. The van der Waals surface area contributed by atoms with Crippen LogP contribution in [0, 0.1) is 5.92 Å². The average molecular weight is 251 g/mol. The van der Waals surface area contributed by atoms with Gasteiger partial charge >= 0.3 is 0 Å². The van der Waals surface area contributed by atoms with Crippen molar-refractivity contribution in [3.8, 4) is 0 Å². The van der Waals surface area contributed by atoms with Crippen LogP contribution >= 0.6 is 0 Å². The fourth-order valence-corrected chi connectivity index (χ4v) is 3.99. The number of piperidine rings is 1. The Morgan fingerprint density at radius 3 is 2.78 bits per heavy atom. The van der Waals surface area contributed by atoms with Crippen molar-refractivity contribution >= 4 is 5.91 Å². The van der Waals surface area contributed by atoms with Crippen molar-refractivity contribution in [2.24, 2.45) is 5.92 Å². The molecule has 2 heterocycles. The summed E-state index contributed by atoms with van der Waals surface area (Å²) in [6, 6.07) is 0. The Morgan fingerprint density at radius 1 is 1.22 bits per heavy atom. The lowest BCUT2D eigenvalue weighted by Crippen LogP contribution is -2.64. The summed E-state index contributed by atoms with van der Waals surface area (Å²) in [4.78, 5) is 14.8. The lowest BCUT2D eigenvalue weighted by atomic mass is 9.89. The van der Waals surface area contributed by atoms with Gasteiger partial charge in [-0.3, -0.25) is 9.69 Å². The maximum atomic E-state index is 12.3. The number of hydrogen-bond acceptors (Lipinski definition) is 3. The van der Waals surface area contributed by atoms with Gasteiger partial charge in [-0.15, -0.1) is 0 Å². The molecule has 2 aliphatic heterocycles. The second-order valence-corrected chi connectivity index (χ2v) is 6.15. The molecule has 3 rings (SSSR count). The predicted octanol–water partition coefficient (Wildman–Crippen LogP) is 0.731. The molecule has 4 nitrogen and oxygen atoms in total. The van der Waals surface area contributed by atoms with Gasteiger partial charge in [0.05, 0.1) is 0 Å². The van der Waals surface area contributed by atoms with Gasteiger partial charge in [-0.05, 0) is 44.7 Å². The Balaban J connectivity index is 1.69. The van der Waals surface area contributed by atoms with Crippen LogP contribution in [0.15, 0.2) is 0 Å². The van der Waals surface area contributed by atoms with E-state index in [0.29, 0.717) is 5.91 Å². The van der Waals surface area contributed by atoms with Crippen LogP contribution in [-0.4, -0.2) is 49.1 Å². The highest BCUT2D eigenvalue weighted by Gasteiger charge is 2.48. The van der Waals surface area contributed by atoms with E-state index in [2.05, 4.69) is 15.5 Å². The number of hydrogen-bond donors (Lipinski definition) is 2. The molecule has 2 N–H and O–H groups in total. The van der Waals surface area contributed by atoms with Crippen molar-refractivity contribution < 1.29 is 4.79 Å². The van der Waals surface area contributed by atoms with E-state index in [1.54, 1.807) is 0 Å². The third kappa shape index (κ3) is 2.16.